The summed E-state index contributed by atoms with van der Waals surface area (Å²) in [6, 6.07) is 11.4. The molecular weight excluding hydrogens is 314 g/mol. The molecule has 0 radical (unpaired) electrons. The second-order valence-corrected chi connectivity index (χ2v) is 5.18. The Morgan fingerprint density at radius 2 is 2.04 bits per heavy atom. The number of benzene rings is 2. The molecule has 0 aliphatic carbocycles. The largest absolute Gasteiger partial charge is 0.507 e. The van der Waals surface area contributed by atoms with Gasteiger partial charge in [-0.3, -0.25) is 5.43 Å². The van der Waals surface area contributed by atoms with Crippen molar-refractivity contribution in [2.45, 2.75) is 6.92 Å². The van der Waals surface area contributed by atoms with Crippen molar-refractivity contribution in [3.63, 3.8) is 0 Å². The zero-order valence-corrected chi connectivity index (χ0v) is 13.1. The van der Waals surface area contributed by atoms with Gasteiger partial charge in [0.15, 0.2) is 5.11 Å². The average Bonchev–Trinajstić information content (AvgIpc) is 2.51. The van der Waals surface area contributed by atoms with E-state index in [2.05, 4.69) is 15.8 Å². The Balaban J connectivity index is 1.97. The summed E-state index contributed by atoms with van der Waals surface area (Å²) in [4.78, 5) is 10.9. The summed E-state index contributed by atoms with van der Waals surface area (Å²) in [5.74, 6) is -0.894. The van der Waals surface area contributed by atoms with Crippen molar-refractivity contribution in [1.29, 1.82) is 0 Å². The summed E-state index contributed by atoms with van der Waals surface area (Å²) in [6.07, 6.45) is 1.45. The van der Waals surface area contributed by atoms with Gasteiger partial charge in [0.2, 0.25) is 0 Å². The van der Waals surface area contributed by atoms with E-state index < -0.39 is 5.97 Å². The lowest BCUT2D eigenvalue weighted by Gasteiger charge is -2.07. The van der Waals surface area contributed by atoms with Gasteiger partial charge in [-0.1, -0.05) is 17.7 Å². The molecular formula is C16H15N3O3S. The fourth-order valence-electron chi connectivity index (χ4n) is 1.83. The molecule has 0 saturated heterocycles. The smallest absolute Gasteiger partial charge is 0.335 e. The van der Waals surface area contributed by atoms with Gasteiger partial charge in [-0.2, -0.15) is 5.10 Å². The zero-order chi connectivity index (χ0) is 16.8. The molecule has 0 bridgehead atoms. The molecule has 0 amide bonds. The Hall–Kier alpha value is -2.93. The fraction of sp³-hybridized carbons (Fsp3) is 0.0625. The first-order valence-electron chi connectivity index (χ1n) is 6.69. The van der Waals surface area contributed by atoms with E-state index in [1.54, 1.807) is 30.3 Å². The van der Waals surface area contributed by atoms with Crippen LogP contribution >= 0.6 is 12.2 Å². The van der Waals surface area contributed by atoms with Gasteiger partial charge in [0.05, 0.1) is 11.8 Å². The van der Waals surface area contributed by atoms with Crippen LogP contribution in [-0.4, -0.2) is 27.5 Å². The molecule has 0 spiro atoms. The molecule has 0 saturated carbocycles. The van der Waals surface area contributed by atoms with Crippen molar-refractivity contribution < 1.29 is 15.0 Å². The van der Waals surface area contributed by atoms with Crippen LogP contribution in [0.2, 0.25) is 0 Å². The molecule has 2 rings (SSSR count). The highest BCUT2D eigenvalue weighted by Gasteiger charge is 2.04. The van der Waals surface area contributed by atoms with Crippen LogP contribution in [0.1, 0.15) is 21.5 Å². The summed E-state index contributed by atoms with van der Waals surface area (Å²) in [5, 5.41) is 25.6. The van der Waals surface area contributed by atoms with Crippen molar-refractivity contribution in [3.8, 4) is 5.75 Å². The molecule has 118 valence electrons. The summed E-state index contributed by atoms with van der Waals surface area (Å²) < 4.78 is 0. The number of carboxylic acids is 1. The summed E-state index contributed by atoms with van der Waals surface area (Å²) >= 11 is 5.07. The Morgan fingerprint density at radius 1 is 1.26 bits per heavy atom. The van der Waals surface area contributed by atoms with Crippen LogP contribution in [0.25, 0.3) is 0 Å². The first kappa shape index (κ1) is 16.4. The van der Waals surface area contributed by atoms with Gasteiger partial charge in [0.25, 0.3) is 0 Å². The average molecular weight is 329 g/mol. The predicted octanol–water partition coefficient (Wildman–Crippen LogP) is 2.72. The third-order valence-electron chi connectivity index (χ3n) is 2.92. The number of hydrazone groups is 1. The van der Waals surface area contributed by atoms with Crippen LogP contribution in [0.5, 0.6) is 5.75 Å². The highest BCUT2D eigenvalue weighted by Crippen LogP contribution is 2.15. The molecule has 0 atom stereocenters. The Kier molecular flexibility index (Phi) is 5.27. The number of aryl methyl sites for hydroxylation is 1. The number of thiocarbonyl (C=S) groups is 1. The normalized spacial score (nSPS) is 10.5. The number of carboxylic acid groups (broad SMARTS) is 1. The van der Waals surface area contributed by atoms with E-state index >= 15 is 0 Å². The monoisotopic (exact) mass is 329 g/mol. The summed E-state index contributed by atoms with van der Waals surface area (Å²) in [6.45, 7) is 1.91. The van der Waals surface area contributed by atoms with Gasteiger partial charge in [0, 0.05) is 11.3 Å². The van der Waals surface area contributed by atoms with E-state index in [0.29, 0.717) is 11.3 Å². The molecule has 0 aliphatic heterocycles. The van der Waals surface area contributed by atoms with Gasteiger partial charge >= 0.3 is 5.97 Å². The summed E-state index contributed by atoms with van der Waals surface area (Å²) in [7, 11) is 0. The first-order valence-corrected chi connectivity index (χ1v) is 7.09. The molecule has 0 unspecified atom stereocenters. The van der Waals surface area contributed by atoms with Crippen LogP contribution in [0.15, 0.2) is 47.6 Å². The lowest BCUT2D eigenvalue weighted by atomic mass is 10.1. The van der Waals surface area contributed by atoms with E-state index in [1.165, 1.54) is 18.3 Å². The third-order valence-corrected chi connectivity index (χ3v) is 3.11. The maximum absolute atomic E-state index is 10.9. The Morgan fingerprint density at radius 3 is 2.78 bits per heavy atom. The van der Waals surface area contributed by atoms with E-state index in [0.717, 1.165) is 5.56 Å². The van der Waals surface area contributed by atoms with Crippen LogP contribution in [-0.2, 0) is 0 Å². The SMILES string of the molecule is Cc1ccc(O)c(/C=N/NC(=S)Nc2cccc(C(=O)O)c2)c1. The number of rotatable bonds is 4. The molecule has 2 aromatic carbocycles. The highest BCUT2D eigenvalue weighted by atomic mass is 32.1. The number of phenols is 1. The van der Waals surface area contributed by atoms with Crippen molar-refractivity contribution >= 4 is 35.2 Å². The van der Waals surface area contributed by atoms with Crippen LogP contribution in [0, 0.1) is 6.92 Å². The van der Waals surface area contributed by atoms with Crippen molar-refractivity contribution in [1.82, 2.24) is 5.43 Å². The number of carbonyl (C=O) groups is 1. The number of phenolic OH excluding ortho intramolecular Hbond substituents is 1. The van der Waals surface area contributed by atoms with Crippen molar-refractivity contribution in [2.24, 2.45) is 5.10 Å². The minimum Gasteiger partial charge on any atom is -0.507 e. The van der Waals surface area contributed by atoms with E-state index in [1.807, 2.05) is 6.92 Å². The maximum atomic E-state index is 10.9. The van der Waals surface area contributed by atoms with E-state index in [4.69, 9.17) is 17.3 Å². The van der Waals surface area contributed by atoms with Gasteiger partial charge in [-0.05, 0) is 49.5 Å². The summed E-state index contributed by atoms with van der Waals surface area (Å²) in [5.41, 5.74) is 4.86. The molecule has 23 heavy (non-hydrogen) atoms. The number of nitrogens with zero attached hydrogens (tertiary/aromatic N) is 1. The molecule has 7 heteroatoms. The van der Waals surface area contributed by atoms with Crippen LogP contribution in [0.3, 0.4) is 0 Å². The lowest BCUT2D eigenvalue weighted by Crippen LogP contribution is -2.24. The minimum atomic E-state index is -1.01. The first-order chi connectivity index (χ1) is 11.0. The highest BCUT2D eigenvalue weighted by molar-refractivity contribution is 7.80. The second-order valence-electron chi connectivity index (χ2n) is 4.77. The van der Waals surface area contributed by atoms with Gasteiger partial charge in [0.1, 0.15) is 5.75 Å². The van der Waals surface area contributed by atoms with Gasteiger partial charge < -0.3 is 15.5 Å². The maximum Gasteiger partial charge on any atom is 0.335 e. The van der Waals surface area contributed by atoms with Crippen molar-refractivity contribution in [3.05, 3.63) is 59.2 Å². The third kappa shape index (κ3) is 4.79. The molecule has 6 nitrogen and oxygen atoms in total. The Bertz CT molecular complexity index is 775. The molecule has 0 aliphatic rings. The number of anilines is 1. The number of nitrogens with one attached hydrogen (secondary N) is 2. The molecule has 0 aromatic heterocycles. The van der Waals surface area contributed by atoms with Crippen LogP contribution in [0.4, 0.5) is 5.69 Å². The van der Waals surface area contributed by atoms with Gasteiger partial charge in [-0.15, -0.1) is 0 Å². The standard InChI is InChI=1S/C16H15N3O3S/c1-10-5-6-14(20)12(7-10)9-17-19-16(23)18-13-4-2-3-11(8-13)15(21)22/h2-9,20H,1H3,(H,21,22)(H2,18,19,23)/b17-9+. The van der Waals surface area contributed by atoms with Crippen LogP contribution < -0.4 is 10.7 Å². The minimum absolute atomic E-state index is 0.120. The molecule has 0 heterocycles. The van der Waals surface area contributed by atoms with E-state index in [-0.39, 0.29) is 16.4 Å². The number of aromatic hydroxyl groups is 1. The second kappa shape index (κ2) is 7.37. The zero-order valence-electron chi connectivity index (χ0n) is 12.3. The molecule has 4 N–H and O–H groups in total. The quantitative estimate of drug-likeness (QED) is 0.391. The van der Waals surface area contributed by atoms with Crippen molar-refractivity contribution in [2.75, 3.05) is 5.32 Å². The topological polar surface area (TPSA) is 94.0 Å². The fourth-order valence-corrected chi connectivity index (χ4v) is 2.00. The molecule has 0 fully saturated rings. The number of hydrogen-bond donors (Lipinski definition) is 4. The predicted molar refractivity (Wildman–Crippen MR) is 93.2 cm³/mol. The van der Waals surface area contributed by atoms with Gasteiger partial charge in [-0.25, -0.2) is 4.79 Å². The number of aromatic carboxylic acids is 1. The van der Waals surface area contributed by atoms with E-state index in [9.17, 15) is 9.90 Å². The molecule has 2 aromatic rings. The lowest BCUT2D eigenvalue weighted by molar-refractivity contribution is 0.0697. The Labute approximate surface area is 138 Å². The number of hydrogen-bond acceptors (Lipinski definition) is 4.